The largest absolute Gasteiger partial charge is 0.493 e. The molecule has 0 aliphatic carbocycles. The molecule has 5 nitrogen and oxygen atoms in total. The lowest BCUT2D eigenvalue weighted by Gasteiger charge is -2.36. The van der Waals surface area contributed by atoms with Gasteiger partial charge in [0.1, 0.15) is 6.10 Å². The number of carbonyl (C=O) groups is 1. The van der Waals surface area contributed by atoms with Crippen LogP contribution in [-0.4, -0.2) is 49.3 Å². The van der Waals surface area contributed by atoms with Gasteiger partial charge in [0.25, 0.3) is 0 Å². The Kier molecular flexibility index (Phi) is 5.47. The predicted molar refractivity (Wildman–Crippen MR) is 83.2 cm³/mol. The van der Waals surface area contributed by atoms with Crippen molar-refractivity contribution in [2.75, 3.05) is 27.2 Å². The van der Waals surface area contributed by atoms with Gasteiger partial charge in [-0.05, 0) is 37.6 Å². The van der Waals surface area contributed by atoms with E-state index in [0.29, 0.717) is 18.6 Å². The van der Waals surface area contributed by atoms with Crippen LogP contribution in [0.2, 0.25) is 0 Å². The number of nitrogens with zero attached hydrogens (tertiary/aromatic N) is 1. The van der Waals surface area contributed by atoms with Crippen LogP contribution in [-0.2, 0) is 11.2 Å². The van der Waals surface area contributed by atoms with E-state index in [1.54, 1.807) is 7.11 Å². The zero-order chi connectivity index (χ0) is 15.4. The fraction of sp³-hybridized carbons (Fsp3) is 0.533. The molecule has 0 unspecified atom stereocenters. The van der Waals surface area contributed by atoms with Crippen LogP contribution in [0.25, 0.3) is 0 Å². The van der Waals surface area contributed by atoms with Gasteiger partial charge in [-0.2, -0.15) is 0 Å². The molecule has 0 atom stereocenters. The second-order valence-corrected chi connectivity index (χ2v) is 6.22. The number of benzene rings is 1. The Bertz CT molecular complexity index is 515. The number of halogens is 1. The minimum Gasteiger partial charge on any atom is -0.493 e. The van der Waals surface area contributed by atoms with E-state index in [1.807, 2.05) is 19.2 Å². The second kappa shape index (κ2) is 7.13. The van der Waals surface area contributed by atoms with Crippen molar-refractivity contribution in [3.8, 4) is 11.5 Å². The highest BCUT2D eigenvalue weighted by molar-refractivity contribution is 9.10. The van der Waals surface area contributed by atoms with Crippen molar-refractivity contribution in [2.24, 2.45) is 0 Å². The summed E-state index contributed by atoms with van der Waals surface area (Å²) in [5.41, 5.74) is 0.983. The van der Waals surface area contributed by atoms with E-state index in [2.05, 4.69) is 20.8 Å². The molecule has 6 heteroatoms. The summed E-state index contributed by atoms with van der Waals surface area (Å²) in [5, 5.41) is 8.77. The second-order valence-electron chi connectivity index (χ2n) is 5.30. The van der Waals surface area contributed by atoms with Gasteiger partial charge in [-0.1, -0.05) is 15.9 Å². The molecule has 1 aliphatic rings. The number of aliphatic carboxylic acids is 1. The summed E-state index contributed by atoms with van der Waals surface area (Å²) in [7, 11) is 3.66. The molecule has 1 saturated heterocycles. The first-order chi connectivity index (χ1) is 9.99. The Hall–Kier alpha value is -1.27. The predicted octanol–water partition coefficient (Wildman–Crippen LogP) is 2.56. The molecule has 1 heterocycles. The lowest BCUT2D eigenvalue weighted by atomic mass is 10.1. The average molecular weight is 358 g/mol. The molecule has 0 radical (unpaired) electrons. The number of likely N-dealkylation sites (tertiary alicyclic amines) is 1. The minimum absolute atomic E-state index is 0.153. The van der Waals surface area contributed by atoms with Crippen LogP contribution in [0.1, 0.15) is 18.4 Å². The quantitative estimate of drug-likeness (QED) is 0.812. The van der Waals surface area contributed by atoms with Gasteiger partial charge in [0, 0.05) is 24.0 Å². The van der Waals surface area contributed by atoms with E-state index >= 15 is 0 Å². The molecule has 1 aromatic rings. The van der Waals surface area contributed by atoms with Gasteiger partial charge in [-0.25, -0.2) is 0 Å². The van der Waals surface area contributed by atoms with Gasteiger partial charge >= 0.3 is 5.97 Å². The molecular weight excluding hydrogens is 338 g/mol. The van der Waals surface area contributed by atoms with Gasteiger partial charge < -0.3 is 14.6 Å². The summed E-state index contributed by atoms with van der Waals surface area (Å²) < 4.78 is 12.4. The van der Waals surface area contributed by atoms with Crippen LogP contribution in [0.15, 0.2) is 16.6 Å². The number of hydrogen-bond acceptors (Lipinski definition) is 4. The zero-order valence-electron chi connectivity index (χ0n) is 12.3. The number of likely N-dealkylation sites (N-methyl/N-ethyl adjacent to an activating group) is 1. The molecule has 1 aliphatic heterocycles. The molecule has 0 saturated carbocycles. The van der Waals surface area contributed by atoms with Crippen LogP contribution >= 0.6 is 15.9 Å². The Balaban J connectivity index is 2.14. The number of rotatable bonds is 7. The van der Waals surface area contributed by atoms with Gasteiger partial charge in [0.05, 0.1) is 7.11 Å². The molecule has 0 aromatic heterocycles. The summed E-state index contributed by atoms with van der Waals surface area (Å²) in [5.74, 6) is 0.647. The highest BCUT2D eigenvalue weighted by Crippen LogP contribution is 2.37. The molecule has 2 rings (SSSR count). The fourth-order valence-corrected chi connectivity index (χ4v) is 2.89. The van der Waals surface area contributed by atoms with Crippen molar-refractivity contribution in [2.45, 2.75) is 25.4 Å². The standard InChI is InChI=1S/C15H20BrNO4/c1-17-8-12(9-17)21-15-10(4-3-5-14(18)19)6-11(16)7-13(15)20-2/h6-7,12H,3-5,8-9H2,1-2H3,(H,18,19). The first-order valence-corrected chi connectivity index (χ1v) is 7.72. The monoisotopic (exact) mass is 357 g/mol. The van der Waals surface area contributed by atoms with Crippen molar-refractivity contribution in [1.82, 2.24) is 4.90 Å². The van der Waals surface area contributed by atoms with Crippen LogP contribution in [0.3, 0.4) is 0 Å². The van der Waals surface area contributed by atoms with Gasteiger partial charge in [-0.3, -0.25) is 9.69 Å². The van der Waals surface area contributed by atoms with Crippen molar-refractivity contribution >= 4 is 21.9 Å². The third-order valence-corrected chi connectivity index (χ3v) is 3.93. The van der Waals surface area contributed by atoms with Crippen molar-refractivity contribution in [1.29, 1.82) is 0 Å². The molecule has 0 spiro atoms. The van der Waals surface area contributed by atoms with Crippen LogP contribution in [0.4, 0.5) is 0 Å². The highest BCUT2D eigenvalue weighted by atomic mass is 79.9. The Morgan fingerprint density at radius 1 is 1.48 bits per heavy atom. The number of carboxylic acids is 1. The van der Waals surface area contributed by atoms with E-state index in [1.165, 1.54) is 0 Å². The third kappa shape index (κ3) is 4.35. The smallest absolute Gasteiger partial charge is 0.303 e. The number of ether oxygens (including phenoxy) is 2. The topological polar surface area (TPSA) is 59.0 Å². The first kappa shape index (κ1) is 16.1. The summed E-state index contributed by atoms with van der Waals surface area (Å²) >= 11 is 3.46. The molecule has 0 bridgehead atoms. The Morgan fingerprint density at radius 3 is 2.76 bits per heavy atom. The Labute approximate surface area is 133 Å². The van der Waals surface area contributed by atoms with Gasteiger partial charge in [-0.15, -0.1) is 0 Å². The molecule has 21 heavy (non-hydrogen) atoms. The van der Waals surface area contributed by atoms with E-state index in [-0.39, 0.29) is 12.5 Å². The van der Waals surface area contributed by atoms with Gasteiger partial charge in [0.15, 0.2) is 11.5 Å². The minimum atomic E-state index is -0.778. The molecule has 1 N–H and O–H groups in total. The molecule has 0 amide bonds. The summed E-state index contributed by atoms with van der Waals surface area (Å²) in [6.45, 7) is 1.79. The Morgan fingerprint density at radius 2 is 2.19 bits per heavy atom. The van der Waals surface area contributed by atoms with Crippen molar-refractivity contribution in [3.05, 3.63) is 22.2 Å². The van der Waals surface area contributed by atoms with Crippen LogP contribution < -0.4 is 9.47 Å². The fourth-order valence-electron chi connectivity index (χ4n) is 2.41. The average Bonchev–Trinajstić information content (AvgIpc) is 2.38. The van der Waals surface area contributed by atoms with Crippen molar-refractivity contribution in [3.63, 3.8) is 0 Å². The lowest BCUT2D eigenvalue weighted by Crippen LogP contribution is -2.51. The van der Waals surface area contributed by atoms with E-state index < -0.39 is 5.97 Å². The summed E-state index contributed by atoms with van der Waals surface area (Å²) in [4.78, 5) is 12.8. The van der Waals surface area contributed by atoms with E-state index in [0.717, 1.165) is 28.9 Å². The molecular formula is C15H20BrNO4. The van der Waals surface area contributed by atoms with Crippen LogP contribution in [0, 0.1) is 0 Å². The van der Waals surface area contributed by atoms with Gasteiger partial charge in [0.2, 0.25) is 0 Å². The maximum Gasteiger partial charge on any atom is 0.303 e. The number of hydrogen-bond donors (Lipinski definition) is 1. The van der Waals surface area contributed by atoms with E-state index in [9.17, 15) is 4.79 Å². The number of carboxylic acid groups (broad SMARTS) is 1. The maximum atomic E-state index is 10.7. The zero-order valence-corrected chi connectivity index (χ0v) is 13.9. The SMILES string of the molecule is COc1cc(Br)cc(CCCC(=O)O)c1OC1CN(C)C1. The first-order valence-electron chi connectivity index (χ1n) is 6.93. The normalized spacial score (nSPS) is 15.6. The highest BCUT2D eigenvalue weighted by Gasteiger charge is 2.27. The van der Waals surface area contributed by atoms with Crippen molar-refractivity contribution < 1.29 is 19.4 Å². The summed E-state index contributed by atoms with van der Waals surface area (Å²) in [6.07, 6.45) is 1.55. The van der Waals surface area contributed by atoms with E-state index in [4.69, 9.17) is 14.6 Å². The van der Waals surface area contributed by atoms with Crippen LogP contribution in [0.5, 0.6) is 11.5 Å². The summed E-state index contributed by atoms with van der Waals surface area (Å²) in [6, 6.07) is 3.85. The molecule has 1 fully saturated rings. The third-order valence-electron chi connectivity index (χ3n) is 3.47. The molecule has 1 aromatic carbocycles. The lowest BCUT2D eigenvalue weighted by molar-refractivity contribution is -0.137. The molecule has 116 valence electrons. The number of aryl methyl sites for hydroxylation is 1. The maximum absolute atomic E-state index is 10.7. The number of methoxy groups -OCH3 is 1.